The highest BCUT2D eigenvalue weighted by Crippen LogP contribution is 2.27. The Labute approximate surface area is 152 Å². The topological polar surface area (TPSA) is 55.6 Å². The van der Waals surface area contributed by atoms with Gasteiger partial charge >= 0.3 is 0 Å². The number of hydrogen-bond acceptors (Lipinski definition) is 4. The van der Waals surface area contributed by atoms with Gasteiger partial charge in [-0.1, -0.05) is 23.8 Å². The number of rotatable bonds is 3. The van der Waals surface area contributed by atoms with Crippen molar-refractivity contribution >= 4 is 22.5 Å². The lowest BCUT2D eigenvalue weighted by molar-refractivity contribution is 0.893. The molecule has 2 aromatic carbocycles. The Balaban J connectivity index is 1.78. The lowest BCUT2D eigenvalue weighted by Crippen LogP contribution is -2.01. The van der Waals surface area contributed by atoms with Crippen molar-refractivity contribution in [2.24, 2.45) is 0 Å². The molecule has 0 spiro atoms. The highest BCUT2D eigenvalue weighted by atomic mass is 15.3. The molecule has 130 valence electrons. The first-order valence-corrected chi connectivity index (χ1v) is 8.63. The standard InChI is InChI=1S/C21H21N5/c1-13-5-8-19(16(4)9-13)25-20-18-11-24-26(21(18)23-12-22-20)17-7-6-14(2)15(3)10-17/h5-12H,1-4H3,(H,22,23,25). The molecule has 5 heteroatoms. The Kier molecular flexibility index (Phi) is 3.92. The molecule has 0 saturated carbocycles. The lowest BCUT2D eigenvalue weighted by Gasteiger charge is -2.10. The largest absolute Gasteiger partial charge is 0.339 e. The molecule has 0 amide bonds. The monoisotopic (exact) mass is 343 g/mol. The third kappa shape index (κ3) is 2.81. The molecule has 0 bridgehead atoms. The van der Waals surface area contributed by atoms with Crippen LogP contribution in [-0.2, 0) is 0 Å². The number of nitrogens with one attached hydrogen (secondary N) is 1. The normalized spacial score (nSPS) is 11.1. The number of hydrogen-bond donors (Lipinski definition) is 1. The van der Waals surface area contributed by atoms with Crippen LogP contribution in [0.25, 0.3) is 16.7 Å². The van der Waals surface area contributed by atoms with Gasteiger partial charge in [-0.25, -0.2) is 14.6 Å². The summed E-state index contributed by atoms with van der Waals surface area (Å²) in [6.07, 6.45) is 3.39. The minimum Gasteiger partial charge on any atom is -0.339 e. The molecule has 0 radical (unpaired) electrons. The SMILES string of the molecule is Cc1ccc(Nc2ncnc3c2cnn3-c2ccc(C)c(C)c2)c(C)c1. The third-order valence-corrected chi connectivity index (χ3v) is 4.74. The van der Waals surface area contributed by atoms with E-state index in [1.165, 1.54) is 22.3 Å². The van der Waals surface area contributed by atoms with Crippen LogP contribution in [-0.4, -0.2) is 19.7 Å². The van der Waals surface area contributed by atoms with E-state index >= 15 is 0 Å². The van der Waals surface area contributed by atoms with E-state index in [-0.39, 0.29) is 0 Å². The minimum absolute atomic E-state index is 0.761. The molecule has 0 atom stereocenters. The van der Waals surface area contributed by atoms with E-state index < -0.39 is 0 Å². The highest BCUT2D eigenvalue weighted by Gasteiger charge is 2.12. The van der Waals surface area contributed by atoms with Gasteiger partial charge < -0.3 is 5.32 Å². The van der Waals surface area contributed by atoms with E-state index in [1.807, 2.05) is 10.9 Å². The molecule has 4 aromatic rings. The number of aryl methyl sites for hydroxylation is 4. The fourth-order valence-corrected chi connectivity index (χ4v) is 3.07. The molecule has 0 aliphatic rings. The van der Waals surface area contributed by atoms with Gasteiger partial charge in [-0.3, -0.25) is 0 Å². The van der Waals surface area contributed by atoms with E-state index in [9.17, 15) is 0 Å². The van der Waals surface area contributed by atoms with Crippen molar-refractivity contribution in [3.63, 3.8) is 0 Å². The van der Waals surface area contributed by atoms with Crippen molar-refractivity contribution in [1.29, 1.82) is 0 Å². The van der Waals surface area contributed by atoms with Crippen LogP contribution in [0.3, 0.4) is 0 Å². The second kappa shape index (κ2) is 6.26. The van der Waals surface area contributed by atoms with Gasteiger partial charge in [0, 0.05) is 5.69 Å². The van der Waals surface area contributed by atoms with E-state index in [2.05, 4.69) is 84.5 Å². The van der Waals surface area contributed by atoms with Crippen molar-refractivity contribution in [2.75, 3.05) is 5.32 Å². The maximum atomic E-state index is 4.55. The molecular weight excluding hydrogens is 322 g/mol. The van der Waals surface area contributed by atoms with Gasteiger partial charge in [-0.2, -0.15) is 5.10 Å². The molecule has 5 nitrogen and oxygen atoms in total. The fourth-order valence-electron chi connectivity index (χ4n) is 3.07. The van der Waals surface area contributed by atoms with Gasteiger partial charge in [0.25, 0.3) is 0 Å². The van der Waals surface area contributed by atoms with Crippen LogP contribution >= 0.6 is 0 Å². The van der Waals surface area contributed by atoms with Gasteiger partial charge in [0.15, 0.2) is 5.65 Å². The van der Waals surface area contributed by atoms with E-state index in [1.54, 1.807) is 6.33 Å². The molecule has 26 heavy (non-hydrogen) atoms. The van der Waals surface area contributed by atoms with Crippen LogP contribution in [0.2, 0.25) is 0 Å². The Morgan fingerprint density at radius 3 is 2.46 bits per heavy atom. The average Bonchev–Trinajstić information content (AvgIpc) is 3.05. The second-order valence-electron chi connectivity index (χ2n) is 6.73. The molecule has 0 aliphatic heterocycles. The summed E-state index contributed by atoms with van der Waals surface area (Å²) in [6.45, 7) is 8.39. The number of anilines is 2. The Bertz CT molecular complexity index is 1110. The van der Waals surface area contributed by atoms with Crippen LogP contribution in [0.4, 0.5) is 11.5 Å². The third-order valence-electron chi connectivity index (χ3n) is 4.74. The van der Waals surface area contributed by atoms with E-state index in [4.69, 9.17) is 0 Å². The summed E-state index contributed by atoms with van der Waals surface area (Å²) in [6, 6.07) is 12.6. The molecule has 0 unspecified atom stereocenters. The molecular formula is C21H21N5. The van der Waals surface area contributed by atoms with E-state index in [0.717, 1.165) is 28.2 Å². The smallest absolute Gasteiger partial charge is 0.168 e. The van der Waals surface area contributed by atoms with Crippen molar-refractivity contribution in [2.45, 2.75) is 27.7 Å². The van der Waals surface area contributed by atoms with Crippen LogP contribution in [0.5, 0.6) is 0 Å². The summed E-state index contributed by atoms with van der Waals surface area (Å²) in [7, 11) is 0. The maximum absolute atomic E-state index is 4.55. The summed E-state index contributed by atoms with van der Waals surface area (Å²) < 4.78 is 1.86. The Morgan fingerprint density at radius 2 is 1.69 bits per heavy atom. The Morgan fingerprint density at radius 1 is 0.846 bits per heavy atom. The van der Waals surface area contributed by atoms with Crippen molar-refractivity contribution < 1.29 is 0 Å². The summed E-state index contributed by atoms with van der Waals surface area (Å²) >= 11 is 0. The van der Waals surface area contributed by atoms with Gasteiger partial charge in [0.2, 0.25) is 0 Å². The van der Waals surface area contributed by atoms with Crippen LogP contribution < -0.4 is 5.32 Å². The quantitative estimate of drug-likeness (QED) is 0.581. The minimum atomic E-state index is 0.761. The van der Waals surface area contributed by atoms with Crippen LogP contribution in [0.1, 0.15) is 22.3 Å². The molecule has 0 saturated heterocycles. The van der Waals surface area contributed by atoms with Gasteiger partial charge in [-0.15, -0.1) is 0 Å². The predicted molar refractivity (Wildman–Crippen MR) is 105 cm³/mol. The summed E-state index contributed by atoms with van der Waals surface area (Å²) in [5.41, 5.74) is 7.73. The molecule has 1 N–H and O–H groups in total. The summed E-state index contributed by atoms with van der Waals surface area (Å²) in [5.74, 6) is 0.761. The zero-order valence-corrected chi connectivity index (χ0v) is 15.4. The van der Waals surface area contributed by atoms with Gasteiger partial charge in [-0.05, 0) is 62.6 Å². The average molecular weight is 343 g/mol. The van der Waals surface area contributed by atoms with Crippen LogP contribution in [0, 0.1) is 27.7 Å². The van der Waals surface area contributed by atoms with Crippen molar-refractivity contribution in [3.05, 3.63) is 71.2 Å². The second-order valence-corrected chi connectivity index (χ2v) is 6.73. The first-order valence-electron chi connectivity index (χ1n) is 8.63. The van der Waals surface area contributed by atoms with Crippen LogP contribution in [0.15, 0.2) is 48.9 Å². The van der Waals surface area contributed by atoms with E-state index in [0.29, 0.717) is 0 Å². The molecule has 2 heterocycles. The summed E-state index contributed by atoms with van der Waals surface area (Å²) in [4.78, 5) is 8.89. The predicted octanol–water partition coefficient (Wildman–Crippen LogP) is 4.79. The first-order chi connectivity index (χ1) is 12.5. The van der Waals surface area contributed by atoms with Gasteiger partial charge in [0.1, 0.15) is 12.1 Å². The van der Waals surface area contributed by atoms with Gasteiger partial charge in [0.05, 0.1) is 17.3 Å². The number of nitrogens with zero attached hydrogens (tertiary/aromatic N) is 4. The number of aromatic nitrogens is 4. The number of fused-ring (bicyclic) bond motifs is 1. The zero-order valence-electron chi connectivity index (χ0n) is 15.4. The number of benzene rings is 2. The lowest BCUT2D eigenvalue weighted by atomic mass is 10.1. The van der Waals surface area contributed by atoms with Crippen molar-refractivity contribution in [1.82, 2.24) is 19.7 Å². The fraction of sp³-hybridized carbons (Fsp3) is 0.190. The molecule has 0 aliphatic carbocycles. The maximum Gasteiger partial charge on any atom is 0.168 e. The zero-order chi connectivity index (χ0) is 18.3. The highest BCUT2D eigenvalue weighted by molar-refractivity contribution is 5.89. The summed E-state index contributed by atoms with van der Waals surface area (Å²) in [5, 5.41) is 8.87. The molecule has 2 aromatic heterocycles. The molecule has 0 fully saturated rings. The first kappa shape index (κ1) is 16.3. The Hall–Kier alpha value is -3.21. The molecule has 4 rings (SSSR count). The van der Waals surface area contributed by atoms with Crippen molar-refractivity contribution in [3.8, 4) is 5.69 Å².